The van der Waals surface area contributed by atoms with E-state index >= 15 is 0 Å². The Kier molecular flexibility index (Phi) is 6.10. The van der Waals surface area contributed by atoms with Crippen molar-refractivity contribution in [3.05, 3.63) is 48.5 Å². The molecule has 10 heteroatoms. The summed E-state index contributed by atoms with van der Waals surface area (Å²) in [6.45, 7) is 3.41. The van der Waals surface area contributed by atoms with Crippen LogP contribution in [0.4, 0.5) is 5.82 Å². The van der Waals surface area contributed by atoms with Crippen LogP contribution in [0.5, 0.6) is 0 Å². The predicted molar refractivity (Wildman–Crippen MR) is 118 cm³/mol. The number of fused-ring (bicyclic) bond motifs is 3. The highest BCUT2D eigenvalue weighted by Gasteiger charge is 2.19. The van der Waals surface area contributed by atoms with Crippen molar-refractivity contribution < 1.29 is 13.2 Å². The Labute approximate surface area is 180 Å². The Hall–Kier alpha value is -3.11. The molecule has 0 aliphatic rings. The molecule has 2 N–H and O–H groups in total. The molecule has 0 aliphatic carbocycles. The van der Waals surface area contributed by atoms with Gasteiger partial charge in [0, 0.05) is 30.9 Å². The summed E-state index contributed by atoms with van der Waals surface area (Å²) in [4.78, 5) is 16.9. The maximum Gasteiger partial charge on any atom is 0.246 e. The van der Waals surface area contributed by atoms with Gasteiger partial charge in [0.25, 0.3) is 0 Å². The molecule has 162 valence electrons. The van der Waals surface area contributed by atoms with Gasteiger partial charge in [0.15, 0.2) is 5.82 Å². The SMILES string of the molecule is CCOCc1nc2c(N)nc3ccccc3c2n1CCCCS(=O)(=O)c1ncccn1. The van der Waals surface area contributed by atoms with Crippen molar-refractivity contribution >= 4 is 37.6 Å². The summed E-state index contributed by atoms with van der Waals surface area (Å²) in [6, 6.07) is 9.36. The number of hydrogen-bond acceptors (Lipinski definition) is 8. The van der Waals surface area contributed by atoms with E-state index in [1.165, 1.54) is 12.4 Å². The van der Waals surface area contributed by atoms with Crippen molar-refractivity contribution in [2.24, 2.45) is 0 Å². The molecule has 31 heavy (non-hydrogen) atoms. The summed E-state index contributed by atoms with van der Waals surface area (Å²) in [5, 5.41) is 0.817. The largest absolute Gasteiger partial charge is 0.382 e. The topological polar surface area (TPSA) is 126 Å². The number of sulfone groups is 1. The van der Waals surface area contributed by atoms with E-state index in [9.17, 15) is 8.42 Å². The number of nitrogen functional groups attached to an aromatic ring is 1. The molecule has 0 amide bonds. The fraction of sp³-hybridized carbons (Fsp3) is 0.333. The highest BCUT2D eigenvalue weighted by Crippen LogP contribution is 2.29. The minimum absolute atomic E-state index is 0.0190. The van der Waals surface area contributed by atoms with E-state index < -0.39 is 9.84 Å². The van der Waals surface area contributed by atoms with Crippen LogP contribution < -0.4 is 5.73 Å². The third-order valence-corrected chi connectivity index (χ3v) is 6.58. The second-order valence-electron chi connectivity index (χ2n) is 7.09. The minimum Gasteiger partial charge on any atom is -0.382 e. The smallest absolute Gasteiger partial charge is 0.246 e. The van der Waals surface area contributed by atoms with Crippen molar-refractivity contribution in [3.63, 3.8) is 0 Å². The molecular formula is C21H24N6O3S. The number of nitrogens with zero attached hydrogens (tertiary/aromatic N) is 5. The van der Waals surface area contributed by atoms with E-state index in [0.717, 1.165) is 22.2 Å². The quantitative estimate of drug-likeness (QED) is 0.311. The van der Waals surface area contributed by atoms with Crippen molar-refractivity contribution in [1.29, 1.82) is 0 Å². The second-order valence-corrected chi connectivity index (χ2v) is 9.09. The molecule has 0 aliphatic heterocycles. The lowest BCUT2D eigenvalue weighted by Gasteiger charge is -2.11. The first-order valence-corrected chi connectivity index (χ1v) is 11.8. The van der Waals surface area contributed by atoms with Crippen molar-refractivity contribution in [2.45, 2.75) is 38.1 Å². The number of pyridine rings is 1. The zero-order chi connectivity index (χ0) is 21.8. The van der Waals surface area contributed by atoms with Crippen LogP contribution in [0.2, 0.25) is 0 Å². The lowest BCUT2D eigenvalue weighted by Crippen LogP contribution is -2.12. The molecule has 0 bridgehead atoms. The number of para-hydroxylation sites is 1. The van der Waals surface area contributed by atoms with E-state index in [-0.39, 0.29) is 10.9 Å². The third kappa shape index (κ3) is 4.35. The summed E-state index contributed by atoms with van der Waals surface area (Å²) in [6.07, 6.45) is 3.96. The van der Waals surface area contributed by atoms with Gasteiger partial charge in [-0.25, -0.2) is 28.4 Å². The molecule has 0 radical (unpaired) electrons. The maximum absolute atomic E-state index is 12.4. The number of unbranched alkanes of at least 4 members (excludes halogenated alkanes) is 1. The standard InChI is InChI=1S/C21H24N6O3S/c1-2-30-14-17-26-18-19(15-8-3-4-9-16(15)25-20(18)22)27(17)12-5-6-13-31(28,29)21-23-10-7-11-24-21/h3-4,7-11H,2,5-6,12-14H2,1H3,(H2,22,25). The van der Waals surface area contributed by atoms with Crippen LogP contribution in [0.1, 0.15) is 25.6 Å². The highest BCUT2D eigenvalue weighted by atomic mass is 32.2. The fourth-order valence-corrected chi connectivity index (χ4v) is 4.76. The Morgan fingerprint density at radius 2 is 1.84 bits per heavy atom. The third-order valence-electron chi connectivity index (χ3n) is 4.99. The van der Waals surface area contributed by atoms with Gasteiger partial charge in [0.1, 0.15) is 17.9 Å². The molecule has 0 spiro atoms. The van der Waals surface area contributed by atoms with E-state index in [0.29, 0.717) is 43.9 Å². The number of aromatic nitrogens is 5. The van der Waals surface area contributed by atoms with E-state index in [4.69, 9.17) is 10.5 Å². The van der Waals surface area contributed by atoms with Crippen LogP contribution in [0.3, 0.4) is 0 Å². The number of aryl methyl sites for hydroxylation is 1. The van der Waals surface area contributed by atoms with Gasteiger partial charge in [-0.05, 0) is 31.9 Å². The number of rotatable bonds is 9. The molecule has 4 aromatic rings. The Bertz CT molecular complexity index is 1310. The number of benzene rings is 1. The summed E-state index contributed by atoms with van der Waals surface area (Å²) >= 11 is 0. The molecule has 0 unspecified atom stereocenters. The van der Waals surface area contributed by atoms with E-state index in [1.54, 1.807) is 6.07 Å². The maximum atomic E-state index is 12.4. The summed E-state index contributed by atoms with van der Waals surface area (Å²) in [7, 11) is -3.51. The van der Waals surface area contributed by atoms with Crippen molar-refractivity contribution in [2.75, 3.05) is 18.1 Å². The Morgan fingerprint density at radius 3 is 2.61 bits per heavy atom. The minimum atomic E-state index is -3.51. The zero-order valence-electron chi connectivity index (χ0n) is 17.2. The number of ether oxygens (including phenoxy) is 1. The normalized spacial score (nSPS) is 12.0. The molecule has 0 saturated carbocycles. The van der Waals surface area contributed by atoms with Crippen LogP contribution in [0, 0.1) is 0 Å². The first-order valence-electron chi connectivity index (χ1n) is 10.1. The average Bonchev–Trinajstić information content (AvgIpc) is 3.15. The monoisotopic (exact) mass is 440 g/mol. The van der Waals surface area contributed by atoms with Gasteiger partial charge in [-0.2, -0.15) is 0 Å². The lowest BCUT2D eigenvalue weighted by molar-refractivity contribution is 0.126. The van der Waals surface area contributed by atoms with Crippen LogP contribution in [-0.2, 0) is 27.7 Å². The fourth-order valence-electron chi connectivity index (χ4n) is 3.55. The lowest BCUT2D eigenvalue weighted by atomic mass is 10.2. The highest BCUT2D eigenvalue weighted by molar-refractivity contribution is 7.91. The summed E-state index contributed by atoms with van der Waals surface area (Å²) in [5.41, 5.74) is 8.51. The van der Waals surface area contributed by atoms with E-state index in [1.807, 2.05) is 31.2 Å². The zero-order valence-corrected chi connectivity index (χ0v) is 18.0. The van der Waals surface area contributed by atoms with E-state index in [2.05, 4.69) is 24.5 Å². The van der Waals surface area contributed by atoms with Crippen LogP contribution in [0.25, 0.3) is 21.9 Å². The van der Waals surface area contributed by atoms with Gasteiger partial charge in [-0.3, -0.25) is 0 Å². The number of hydrogen-bond donors (Lipinski definition) is 1. The summed E-state index contributed by atoms with van der Waals surface area (Å²) in [5.74, 6) is 1.10. The van der Waals surface area contributed by atoms with Crippen LogP contribution in [-0.4, -0.2) is 45.3 Å². The molecule has 3 aromatic heterocycles. The Balaban J connectivity index is 1.61. The first-order chi connectivity index (χ1) is 15.0. The van der Waals surface area contributed by atoms with Gasteiger partial charge in [0.05, 0.1) is 16.8 Å². The van der Waals surface area contributed by atoms with Crippen molar-refractivity contribution in [3.8, 4) is 0 Å². The molecule has 4 rings (SSSR count). The average molecular weight is 441 g/mol. The van der Waals surface area contributed by atoms with Gasteiger partial charge in [0.2, 0.25) is 15.0 Å². The van der Waals surface area contributed by atoms with Gasteiger partial charge >= 0.3 is 0 Å². The van der Waals surface area contributed by atoms with Gasteiger partial charge in [-0.15, -0.1) is 0 Å². The second kappa shape index (κ2) is 8.94. The molecule has 0 fully saturated rings. The molecule has 9 nitrogen and oxygen atoms in total. The molecule has 0 saturated heterocycles. The van der Waals surface area contributed by atoms with Gasteiger partial charge in [-0.1, -0.05) is 18.2 Å². The number of anilines is 1. The first kappa shape index (κ1) is 21.1. The van der Waals surface area contributed by atoms with Gasteiger partial charge < -0.3 is 15.0 Å². The molecule has 0 atom stereocenters. The summed E-state index contributed by atoms with van der Waals surface area (Å²) < 4.78 is 32.6. The molecule has 1 aromatic carbocycles. The number of nitrogens with two attached hydrogens (primary N) is 1. The molecular weight excluding hydrogens is 416 g/mol. The predicted octanol–water partition coefficient (Wildman–Crippen LogP) is 2.75. The number of imidazole rings is 1. The molecule has 3 heterocycles. The van der Waals surface area contributed by atoms with Crippen LogP contribution >= 0.6 is 0 Å². The van der Waals surface area contributed by atoms with Crippen LogP contribution in [0.15, 0.2) is 47.9 Å². The van der Waals surface area contributed by atoms with Crippen molar-refractivity contribution in [1.82, 2.24) is 24.5 Å². The Morgan fingerprint density at radius 1 is 1.06 bits per heavy atom.